The summed E-state index contributed by atoms with van der Waals surface area (Å²) in [6.07, 6.45) is 1.16. The van der Waals surface area contributed by atoms with Crippen molar-refractivity contribution in [1.29, 1.82) is 0 Å². The number of aliphatic hydroxyl groups is 1. The molecule has 0 spiro atoms. The summed E-state index contributed by atoms with van der Waals surface area (Å²) in [6, 6.07) is 3.15. The van der Waals surface area contributed by atoms with Gasteiger partial charge in [-0.15, -0.1) is 0 Å². The summed E-state index contributed by atoms with van der Waals surface area (Å²) in [4.78, 5) is 11.1. The van der Waals surface area contributed by atoms with Crippen molar-refractivity contribution in [3.05, 3.63) is 33.2 Å². The molecule has 66 valence electrons. The Morgan fingerprint density at radius 2 is 2.33 bits per heavy atom. The van der Waals surface area contributed by atoms with Gasteiger partial charge in [0.1, 0.15) is 0 Å². The van der Waals surface area contributed by atoms with Crippen LogP contribution in [0.5, 0.6) is 0 Å². The molecule has 0 fully saturated rings. The average Bonchev–Trinajstić information content (AvgIpc) is 1.96. The van der Waals surface area contributed by atoms with Crippen LogP contribution in [0.1, 0.15) is 6.92 Å². The van der Waals surface area contributed by atoms with E-state index >= 15 is 0 Å². The highest BCUT2D eigenvalue weighted by Gasteiger charge is 1.99. The molecule has 0 aliphatic heterocycles. The standard InChI is InChI=1S/C8H10BrNO2/c1-6(11)4-10-5-7(9)2-3-8(10)12/h2-3,5-6,11H,4H2,1H3. The van der Waals surface area contributed by atoms with E-state index in [1.807, 2.05) is 0 Å². The van der Waals surface area contributed by atoms with Gasteiger partial charge in [0.25, 0.3) is 5.56 Å². The third-order valence-corrected chi connectivity index (χ3v) is 1.88. The van der Waals surface area contributed by atoms with Crippen molar-refractivity contribution in [2.24, 2.45) is 0 Å². The molecule has 3 nitrogen and oxygen atoms in total. The van der Waals surface area contributed by atoms with Crippen LogP contribution < -0.4 is 5.56 Å². The van der Waals surface area contributed by atoms with Crippen LogP contribution >= 0.6 is 15.9 Å². The predicted molar refractivity (Wildman–Crippen MR) is 50.1 cm³/mol. The van der Waals surface area contributed by atoms with Gasteiger partial charge in [0.2, 0.25) is 0 Å². The molecule has 1 rings (SSSR count). The third-order valence-electron chi connectivity index (χ3n) is 1.41. The van der Waals surface area contributed by atoms with E-state index in [1.54, 1.807) is 19.2 Å². The Morgan fingerprint density at radius 3 is 2.92 bits per heavy atom. The fourth-order valence-corrected chi connectivity index (χ4v) is 1.31. The number of hydrogen-bond donors (Lipinski definition) is 1. The van der Waals surface area contributed by atoms with E-state index in [0.717, 1.165) is 4.47 Å². The number of aliphatic hydroxyl groups excluding tert-OH is 1. The topological polar surface area (TPSA) is 42.2 Å². The van der Waals surface area contributed by atoms with Gasteiger partial charge < -0.3 is 9.67 Å². The van der Waals surface area contributed by atoms with Gasteiger partial charge in [-0.25, -0.2) is 0 Å². The molecule has 0 aliphatic carbocycles. The maximum absolute atomic E-state index is 11.1. The van der Waals surface area contributed by atoms with Crippen molar-refractivity contribution >= 4 is 15.9 Å². The smallest absolute Gasteiger partial charge is 0.250 e. The van der Waals surface area contributed by atoms with Crippen molar-refractivity contribution in [2.45, 2.75) is 19.6 Å². The molecule has 0 bridgehead atoms. The zero-order valence-electron chi connectivity index (χ0n) is 6.70. The monoisotopic (exact) mass is 231 g/mol. The third kappa shape index (κ3) is 2.46. The summed E-state index contributed by atoms with van der Waals surface area (Å²) in [6.45, 7) is 1.98. The maximum Gasteiger partial charge on any atom is 0.250 e. The largest absolute Gasteiger partial charge is 0.392 e. The molecular formula is C8H10BrNO2. The Kier molecular flexibility index (Phi) is 3.05. The quantitative estimate of drug-likeness (QED) is 0.826. The predicted octanol–water partition coefficient (Wildman–Crippen LogP) is 0.992. The summed E-state index contributed by atoms with van der Waals surface area (Å²) in [5.41, 5.74) is -0.0981. The molecule has 1 heterocycles. The molecule has 1 unspecified atom stereocenters. The van der Waals surface area contributed by atoms with Gasteiger partial charge in [-0.05, 0) is 28.9 Å². The van der Waals surface area contributed by atoms with Gasteiger partial charge in [-0.3, -0.25) is 4.79 Å². The number of aromatic nitrogens is 1. The summed E-state index contributed by atoms with van der Waals surface area (Å²) in [7, 11) is 0. The zero-order valence-corrected chi connectivity index (χ0v) is 8.28. The Bertz CT molecular complexity index is 319. The molecule has 0 saturated carbocycles. The number of hydrogen-bond acceptors (Lipinski definition) is 2. The Balaban J connectivity index is 2.98. The second-order valence-electron chi connectivity index (χ2n) is 2.69. The van der Waals surface area contributed by atoms with E-state index in [-0.39, 0.29) is 5.56 Å². The normalized spacial score (nSPS) is 12.9. The fourth-order valence-electron chi connectivity index (χ4n) is 0.930. The van der Waals surface area contributed by atoms with E-state index in [9.17, 15) is 4.79 Å². The minimum Gasteiger partial charge on any atom is -0.392 e. The van der Waals surface area contributed by atoms with E-state index in [0.29, 0.717) is 6.54 Å². The zero-order chi connectivity index (χ0) is 9.14. The van der Waals surface area contributed by atoms with Crippen molar-refractivity contribution in [3.63, 3.8) is 0 Å². The number of rotatable bonds is 2. The molecule has 1 atom stereocenters. The molecule has 0 amide bonds. The molecule has 0 aliphatic rings. The van der Waals surface area contributed by atoms with Gasteiger partial charge in [0.15, 0.2) is 0 Å². The van der Waals surface area contributed by atoms with Crippen LogP contribution in [0.25, 0.3) is 0 Å². The first-order chi connectivity index (χ1) is 5.59. The van der Waals surface area contributed by atoms with Gasteiger partial charge >= 0.3 is 0 Å². The van der Waals surface area contributed by atoms with Crippen molar-refractivity contribution in [1.82, 2.24) is 4.57 Å². The molecule has 4 heteroatoms. The number of pyridine rings is 1. The highest BCUT2D eigenvalue weighted by Crippen LogP contribution is 2.04. The van der Waals surface area contributed by atoms with Gasteiger partial charge in [-0.2, -0.15) is 0 Å². The molecule has 12 heavy (non-hydrogen) atoms. The van der Waals surface area contributed by atoms with Crippen LogP contribution in [0.4, 0.5) is 0 Å². The lowest BCUT2D eigenvalue weighted by Gasteiger charge is -2.07. The minimum absolute atomic E-state index is 0.0981. The van der Waals surface area contributed by atoms with Crippen molar-refractivity contribution in [2.75, 3.05) is 0 Å². The first kappa shape index (κ1) is 9.48. The van der Waals surface area contributed by atoms with E-state index in [4.69, 9.17) is 5.11 Å². The van der Waals surface area contributed by atoms with E-state index in [2.05, 4.69) is 15.9 Å². The molecule has 0 saturated heterocycles. The van der Waals surface area contributed by atoms with Crippen LogP contribution in [-0.2, 0) is 6.54 Å². The Labute approximate surface area is 78.8 Å². The van der Waals surface area contributed by atoms with Crippen molar-refractivity contribution < 1.29 is 5.11 Å². The van der Waals surface area contributed by atoms with E-state index < -0.39 is 6.10 Å². The molecule has 0 radical (unpaired) electrons. The van der Waals surface area contributed by atoms with Gasteiger partial charge in [0.05, 0.1) is 12.6 Å². The molecule has 1 N–H and O–H groups in total. The lowest BCUT2D eigenvalue weighted by molar-refractivity contribution is 0.172. The number of nitrogens with zero attached hydrogens (tertiary/aromatic N) is 1. The molecular weight excluding hydrogens is 222 g/mol. The van der Waals surface area contributed by atoms with Crippen LogP contribution in [0, 0.1) is 0 Å². The first-order valence-corrected chi connectivity index (χ1v) is 4.43. The number of halogens is 1. The minimum atomic E-state index is -0.503. The lowest BCUT2D eigenvalue weighted by atomic mass is 10.4. The highest BCUT2D eigenvalue weighted by atomic mass is 79.9. The van der Waals surface area contributed by atoms with E-state index in [1.165, 1.54) is 10.6 Å². The molecule has 1 aromatic rings. The van der Waals surface area contributed by atoms with Crippen LogP contribution in [0.3, 0.4) is 0 Å². The second kappa shape index (κ2) is 3.87. The average molecular weight is 232 g/mol. The summed E-state index contributed by atoms with van der Waals surface area (Å²) in [5, 5.41) is 9.05. The van der Waals surface area contributed by atoms with Gasteiger partial charge in [-0.1, -0.05) is 0 Å². The summed E-state index contributed by atoms with van der Waals surface area (Å²) >= 11 is 3.24. The SMILES string of the molecule is CC(O)Cn1cc(Br)ccc1=O. The Morgan fingerprint density at radius 1 is 1.67 bits per heavy atom. The Hall–Kier alpha value is -0.610. The first-order valence-electron chi connectivity index (χ1n) is 3.63. The summed E-state index contributed by atoms with van der Waals surface area (Å²) in [5.74, 6) is 0. The van der Waals surface area contributed by atoms with Gasteiger partial charge in [0, 0.05) is 16.7 Å². The van der Waals surface area contributed by atoms with Crippen LogP contribution in [-0.4, -0.2) is 15.8 Å². The molecule has 1 aromatic heterocycles. The van der Waals surface area contributed by atoms with Crippen LogP contribution in [0.15, 0.2) is 27.6 Å². The fraction of sp³-hybridized carbons (Fsp3) is 0.375. The maximum atomic E-state index is 11.1. The highest BCUT2D eigenvalue weighted by molar-refractivity contribution is 9.10. The second-order valence-corrected chi connectivity index (χ2v) is 3.60. The lowest BCUT2D eigenvalue weighted by Crippen LogP contribution is -2.23. The van der Waals surface area contributed by atoms with Crippen LogP contribution in [0.2, 0.25) is 0 Å². The summed E-state index contributed by atoms with van der Waals surface area (Å²) < 4.78 is 2.30. The van der Waals surface area contributed by atoms with Crippen molar-refractivity contribution in [3.8, 4) is 0 Å². The molecule has 0 aromatic carbocycles.